The minimum Gasteiger partial charge on any atom is -0.322 e. The van der Waals surface area contributed by atoms with Crippen LogP contribution >= 0.6 is 0 Å². The molecule has 0 aliphatic rings. The van der Waals surface area contributed by atoms with Crippen LogP contribution in [0.5, 0.6) is 0 Å². The van der Waals surface area contributed by atoms with Gasteiger partial charge in [0.05, 0.1) is 16.6 Å². The first-order chi connectivity index (χ1) is 14.3. The summed E-state index contributed by atoms with van der Waals surface area (Å²) in [4.78, 5) is 30.3. The quantitative estimate of drug-likeness (QED) is 0.536. The van der Waals surface area contributed by atoms with Crippen LogP contribution < -0.4 is 10.9 Å². The highest BCUT2D eigenvalue weighted by molar-refractivity contribution is 6.05. The van der Waals surface area contributed by atoms with Gasteiger partial charge in [-0.1, -0.05) is 29.3 Å². The molecule has 5 heteroatoms. The molecule has 0 bridgehead atoms. The summed E-state index contributed by atoms with van der Waals surface area (Å²) in [5, 5.41) is 3.55. The van der Waals surface area contributed by atoms with Crippen molar-refractivity contribution in [3.8, 4) is 5.69 Å². The van der Waals surface area contributed by atoms with Crippen molar-refractivity contribution < 1.29 is 4.79 Å². The zero-order valence-electron chi connectivity index (χ0n) is 17.5. The molecule has 0 saturated carbocycles. The summed E-state index contributed by atoms with van der Waals surface area (Å²) < 4.78 is 1.60. The van der Waals surface area contributed by atoms with Crippen LogP contribution in [0.1, 0.15) is 32.9 Å². The number of carbonyl (C=O) groups is 1. The zero-order valence-corrected chi connectivity index (χ0v) is 17.5. The maximum atomic E-state index is 13.0. The number of benzene rings is 3. The molecule has 0 fully saturated rings. The van der Waals surface area contributed by atoms with Crippen molar-refractivity contribution >= 4 is 22.5 Å². The van der Waals surface area contributed by atoms with E-state index in [2.05, 4.69) is 10.3 Å². The number of para-hydroxylation sites is 1. The Kier molecular flexibility index (Phi) is 4.96. The Morgan fingerprint density at radius 2 is 1.60 bits per heavy atom. The smallest absolute Gasteiger partial charge is 0.265 e. The second kappa shape index (κ2) is 7.59. The number of anilines is 1. The van der Waals surface area contributed by atoms with E-state index in [0.29, 0.717) is 28.0 Å². The van der Waals surface area contributed by atoms with E-state index in [4.69, 9.17) is 0 Å². The van der Waals surface area contributed by atoms with Crippen LogP contribution in [0.2, 0.25) is 0 Å². The van der Waals surface area contributed by atoms with E-state index in [9.17, 15) is 9.59 Å². The van der Waals surface area contributed by atoms with E-state index in [1.165, 1.54) is 0 Å². The molecule has 1 aromatic heterocycles. The van der Waals surface area contributed by atoms with Crippen LogP contribution in [-0.4, -0.2) is 15.5 Å². The maximum absolute atomic E-state index is 13.0. The molecule has 0 spiro atoms. The third kappa shape index (κ3) is 3.62. The standard InChI is InChI=1S/C25H23N3O2/c1-15-11-16(2)13-19(12-15)24(29)27-22-10-9-20(14-17(22)3)28-18(4)26-23-8-6-5-7-21(23)25(28)30/h5-14H,1-4H3,(H,27,29). The van der Waals surface area contributed by atoms with Crippen LogP contribution in [0.15, 0.2) is 65.5 Å². The van der Waals surface area contributed by atoms with Crippen LogP contribution in [0, 0.1) is 27.7 Å². The molecule has 4 aromatic rings. The highest BCUT2D eigenvalue weighted by Gasteiger charge is 2.13. The molecule has 30 heavy (non-hydrogen) atoms. The Bertz CT molecular complexity index is 1330. The fraction of sp³-hybridized carbons (Fsp3) is 0.160. The number of amides is 1. The fourth-order valence-corrected chi connectivity index (χ4v) is 3.78. The van der Waals surface area contributed by atoms with Gasteiger partial charge in [0.2, 0.25) is 0 Å². The fourth-order valence-electron chi connectivity index (χ4n) is 3.78. The summed E-state index contributed by atoms with van der Waals surface area (Å²) in [5.74, 6) is 0.462. The number of nitrogens with zero attached hydrogens (tertiary/aromatic N) is 2. The molecule has 4 rings (SSSR count). The lowest BCUT2D eigenvalue weighted by Gasteiger charge is -2.14. The summed E-state index contributed by atoms with van der Waals surface area (Å²) in [5.41, 5.74) is 5.60. The summed E-state index contributed by atoms with van der Waals surface area (Å²) in [6, 6.07) is 18.7. The number of aromatic nitrogens is 2. The normalized spacial score (nSPS) is 10.9. The largest absolute Gasteiger partial charge is 0.322 e. The lowest BCUT2D eigenvalue weighted by molar-refractivity contribution is 0.102. The summed E-state index contributed by atoms with van der Waals surface area (Å²) in [7, 11) is 0. The van der Waals surface area contributed by atoms with Crippen molar-refractivity contribution in [2.45, 2.75) is 27.7 Å². The Morgan fingerprint density at radius 3 is 2.30 bits per heavy atom. The van der Waals surface area contributed by atoms with Crippen molar-refractivity contribution in [2.24, 2.45) is 0 Å². The Labute approximate surface area is 175 Å². The number of carbonyl (C=O) groups excluding carboxylic acids is 1. The topological polar surface area (TPSA) is 64.0 Å². The molecule has 0 atom stereocenters. The average molecular weight is 397 g/mol. The summed E-state index contributed by atoms with van der Waals surface area (Å²) in [6.07, 6.45) is 0. The van der Waals surface area contributed by atoms with Crippen molar-refractivity contribution in [2.75, 3.05) is 5.32 Å². The molecule has 1 amide bonds. The maximum Gasteiger partial charge on any atom is 0.265 e. The van der Waals surface area contributed by atoms with Crippen LogP contribution in [0.3, 0.4) is 0 Å². The number of fused-ring (bicyclic) bond motifs is 1. The summed E-state index contributed by atoms with van der Waals surface area (Å²) >= 11 is 0. The van der Waals surface area contributed by atoms with Gasteiger partial charge in [-0.25, -0.2) is 4.98 Å². The molecule has 0 aliphatic heterocycles. The third-order valence-electron chi connectivity index (χ3n) is 5.14. The SMILES string of the molecule is Cc1cc(C)cc(C(=O)Nc2ccc(-n3c(C)nc4ccccc4c3=O)cc2C)c1. The lowest BCUT2D eigenvalue weighted by atomic mass is 10.1. The Balaban J connectivity index is 1.70. The second-order valence-electron chi connectivity index (χ2n) is 7.65. The first kappa shape index (κ1) is 19.6. The van der Waals surface area contributed by atoms with Gasteiger partial charge in [0.1, 0.15) is 5.82 Å². The third-order valence-corrected chi connectivity index (χ3v) is 5.14. The number of hydrogen-bond acceptors (Lipinski definition) is 3. The molecule has 0 radical (unpaired) electrons. The first-order valence-corrected chi connectivity index (χ1v) is 9.82. The monoisotopic (exact) mass is 397 g/mol. The van der Waals surface area contributed by atoms with Crippen LogP contribution in [0.25, 0.3) is 16.6 Å². The lowest BCUT2D eigenvalue weighted by Crippen LogP contribution is -2.22. The van der Waals surface area contributed by atoms with Gasteiger partial charge in [-0.05, 0) is 75.7 Å². The first-order valence-electron chi connectivity index (χ1n) is 9.82. The predicted molar refractivity (Wildman–Crippen MR) is 121 cm³/mol. The van der Waals surface area contributed by atoms with Gasteiger partial charge in [-0.3, -0.25) is 14.2 Å². The van der Waals surface area contributed by atoms with Crippen LogP contribution in [0.4, 0.5) is 5.69 Å². The van der Waals surface area contributed by atoms with Gasteiger partial charge >= 0.3 is 0 Å². The molecular formula is C25H23N3O2. The number of aryl methyl sites for hydroxylation is 4. The molecule has 150 valence electrons. The second-order valence-corrected chi connectivity index (χ2v) is 7.65. The number of hydrogen-bond donors (Lipinski definition) is 1. The van der Waals surface area contributed by atoms with Crippen molar-refractivity contribution in [3.63, 3.8) is 0 Å². The van der Waals surface area contributed by atoms with E-state index >= 15 is 0 Å². The van der Waals surface area contributed by atoms with Crippen molar-refractivity contribution in [1.29, 1.82) is 0 Å². The predicted octanol–water partition coefficient (Wildman–Crippen LogP) is 4.87. The van der Waals surface area contributed by atoms with Gasteiger partial charge in [0, 0.05) is 11.3 Å². The van der Waals surface area contributed by atoms with Gasteiger partial charge < -0.3 is 5.32 Å². The van der Waals surface area contributed by atoms with Crippen molar-refractivity contribution in [1.82, 2.24) is 9.55 Å². The minimum atomic E-state index is -0.154. The molecule has 1 heterocycles. The average Bonchev–Trinajstić information content (AvgIpc) is 2.69. The highest BCUT2D eigenvalue weighted by Crippen LogP contribution is 2.21. The van der Waals surface area contributed by atoms with Crippen LogP contribution in [-0.2, 0) is 0 Å². The summed E-state index contributed by atoms with van der Waals surface area (Å²) in [6.45, 7) is 7.68. The molecule has 3 aromatic carbocycles. The highest BCUT2D eigenvalue weighted by atomic mass is 16.1. The molecule has 0 saturated heterocycles. The van der Waals surface area contributed by atoms with E-state index < -0.39 is 0 Å². The minimum absolute atomic E-state index is 0.107. The van der Waals surface area contributed by atoms with E-state index in [1.54, 1.807) is 10.6 Å². The van der Waals surface area contributed by atoms with E-state index in [-0.39, 0.29) is 11.5 Å². The molecule has 1 N–H and O–H groups in total. The van der Waals surface area contributed by atoms with E-state index in [0.717, 1.165) is 22.4 Å². The molecule has 5 nitrogen and oxygen atoms in total. The molecule has 0 aliphatic carbocycles. The number of rotatable bonds is 3. The Hall–Kier alpha value is -3.73. The van der Waals surface area contributed by atoms with E-state index in [1.807, 2.05) is 82.3 Å². The van der Waals surface area contributed by atoms with Gasteiger partial charge in [0.25, 0.3) is 11.5 Å². The van der Waals surface area contributed by atoms with Gasteiger partial charge in [-0.15, -0.1) is 0 Å². The molecular weight excluding hydrogens is 374 g/mol. The van der Waals surface area contributed by atoms with Crippen molar-refractivity contribution in [3.05, 3.63) is 99.1 Å². The number of nitrogens with one attached hydrogen (secondary N) is 1. The molecule has 0 unspecified atom stereocenters. The Morgan fingerprint density at radius 1 is 0.900 bits per heavy atom. The zero-order chi connectivity index (χ0) is 21.4. The van der Waals surface area contributed by atoms with Gasteiger partial charge in [-0.2, -0.15) is 0 Å². The van der Waals surface area contributed by atoms with Gasteiger partial charge in [0.15, 0.2) is 0 Å².